The number of nitrogens with two attached hydrogens (primary N) is 1. The predicted molar refractivity (Wildman–Crippen MR) is 73.5 cm³/mol. The number of halogens is 1. The summed E-state index contributed by atoms with van der Waals surface area (Å²) < 4.78 is 10.1. The van der Waals surface area contributed by atoms with Gasteiger partial charge in [0.2, 0.25) is 5.91 Å². The molecule has 0 aromatic rings. The second kappa shape index (κ2) is 5.77. The molecular formula is C13H21ClN2O4. The maximum atomic E-state index is 12.3. The van der Waals surface area contributed by atoms with E-state index in [1.165, 1.54) is 0 Å². The van der Waals surface area contributed by atoms with Crippen molar-refractivity contribution < 1.29 is 19.1 Å². The molecule has 1 saturated carbocycles. The van der Waals surface area contributed by atoms with Gasteiger partial charge >= 0.3 is 6.16 Å². The summed E-state index contributed by atoms with van der Waals surface area (Å²) in [5.74, 6) is 0.305. The van der Waals surface area contributed by atoms with E-state index in [1.54, 1.807) is 0 Å². The third-order valence-corrected chi connectivity index (χ3v) is 4.56. The normalized spacial score (nSPS) is 31.6. The summed E-state index contributed by atoms with van der Waals surface area (Å²) in [6.07, 6.45) is 3.41. The third kappa shape index (κ3) is 2.86. The molecule has 7 heteroatoms. The van der Waals surface area contributed by atoms with Gasteiger partial charge in [0.15, 0.2) is 5.60 Å². The molecule has 6 nitrogen and oxygen atoms in total. The van der Waals surface area contributed by atoms with Crippen molar-refractivity contribution in [2.75, 3.05) is 19.7 Å². The standard InChI is InChI=1S/C13H20N2O4.ClH/c14-10-2-1-9(7-10)11(16)15-5-3-13(4-6-15)8-18-12(17)19-13;/h9-10H,1-8,14H2;1H/t9-,10+;/m0./s1. The van der Waals surface area contributed by atoms with Gasteiger partial charge in [-0.25, -0.2) is 4.79 Å². The highest BCUT2D eigenvalue weighted by molar-refractivity contribution is 5.85. The molecule has 114 valence electrons. The summed E-state index contributed by atoms with van der Waals surface area (Å²) in [6.45, 7) is 1.60. The SMILES string of the molecule is Cl.N[C@@H]1CC[C@H](C(=O)N2CCC3(CC2)COC(=O)O3)C1. The van der Waals surface area contributed by atoms with Crippen LogP contribution in [0.15, 0.2) is 0 Å². The van der Waals surface area contributed by atoms with Crippen molar-refractivity contribution in [3.8, 4) is 0 Å². The van der Waals surface area contributed by atoms with E-state index in [0.717, 1.165) is 19.3 Å². The van der Waals surface area contributed by atoms with E-state index in [1.807, 2.05) is 4.90 Å². The van der Waals surface area contributed by atoms with Crippen molar-refractivity contribution in [3.63, 3.8) is 0 Å². The van der Waals surface area contributed by atoms with E-state index in [4.69, 9.17) is 15.2 Å². The molecule has 2 atom stereocenters. The number of rotatable bonds is 1. The fourth-order valence-electron chi connectivity index (χ4n) is 3.31. The molecule has 3 rings (SSSR count). The molecule has 2 saturated heterocycles. The number of hydrogen-bond acceptors (Lipinski definition) is 5. The molecule has 0 aromatic heterocycles. The molecule has 0 unspecified atom stereocenters. The van der Waals surface area contributed by atoms with E-state index in [2.05, 4.69) is 0 Å². The first kappa shape index (κ1) is 15.4. The first-order valence-electron chi connectivity index (χ1n) is 6.98. The van der Waals surface area contributed by atoms with Crippen LogP contribution in [0.5, 0.6) is 0 Å². The molecule has 2 heterocycles. The van der Waals surface area contributed by atoms with Crippen molar-refractivity contribution >= 4 is 24.5 Å². The van der Waals surface area contributed by atoms with Crippen LogP contribution in [0.3, 0.4) is 0 Å². The van der Waals surface area contributed by atoms with Gasteiger partial charge in [-0.05, 0) is 19.3 Å². The predicted octanol–water partition coefficient (Wildman–Crippen LogP) is 1.06. The van der Waals surface area contributed by atoms with Crippen LogP contribution < -0.4 is 5.73 Å². The lowest BCUT2D eigenvalue weighted by molar-refractivity contribution is -0.138. The van der Waals surface area contributed by atoms with Crippen LogP contribution in [0, 0.1) is 5.92 Å². The quantitative estimate of drug-likeness (QED) is 0.733. The van der Waals surface area contributed by atoms with Crippen molar-refractivity contribution in [3.05, 3.63) is 0 Å². The Labute approximate surface area is 124 Å². The zero-order chi connectivity index (χ0) is 13.5. The average Bonchev–Trinajstić information content (AvgIpc) is 2.97. The zero-order valence-corrected chi connectivity index (χ0v) is 12.2. The number of carbonyl (C=O) groups is 2. The molecule has 2 N–H and O–H groups in total. The summed E-state index contributed by atoms with van der Waals surface area (Å²) in [5, 5.41) is 0. The van der Waals surface area contributed by atoms with Crippen LogP contribution in [0.2, 0.25) is 0 Å². The third-order valence-electron chi connectivity index (χ3n) is 4.56. The van der Waals surface area contributed by atoms with Gasteiger partial charge in [-0.15, -0.1) is 12.4 Å². The number of amides is 1. The Bertz CT molecular complexity index is 396. The summed E-state index contributed by atoms with van der Waals surface area (Å²) in [5.41, 5.74) is 5.37. The molecule has 1 spiro atoms. The maximum absolute atomic E-state index is 12.3. The van der Waals surface area contributed by atoms with E-state index >= 15 is 0 Å². The van der Waals surface area contributed by atoms with E-state index in [0.29, 0.717) is 32.5 Å². The number of likely N-dealkylation sites (tertiary alicyclic amines) is 1. The minimum absolute atomic E-state index is 0. The number of hydrogen-bond donors (Lipinski definition) is 1. The number of cyclic esters (lactones) is 1. The molecule has 3 fully saturated rings. The lowest BCUT2D eigenvalue weighted by Gasteiger charge is -2.37. The monoisotopic (exact) mass is 304 g/mol. The molecule has 2 aliphatic heterocycles. The van der Waals surface area contributed by atoms with E-state index < -0.39 is 11.8 Å². The maximum Gasteiger partial charge on any atom is 0.509 e. The largest absolute Gasteiger partial charge is 0.509 e. The molecule has 0 aromatic carbocycles. The van der Waals surface area contributed by atoms with Gasteiger partial charge in [0, 0.05) is 37.9 Å². The molecular weight excluding hydrogens is 284 g/mol. The highest BCUT2D eigenvalue weighted by Crippen LogP contribution is 2.33. The molecule has 3 aliphatic rings. The minimum Gasteiger partial charge on any atom is -0.430 e. The van der Waals surface area contributed by atoms with Gasteiger partial charge < -0.3 is 20.1 Å². The Morgan fingerprint density at radius 3 is 2.50 bits per heavy atom. The average molecular weight is 305 g/mol. The highest BCUT2D eigenvalue weighted by Gasteiger charge is 2.46. The van der Waals surface area contributed by atoms with Gasteiger partial charge in [0.25, 0.3) is 0 Å². The molecule has 0 bridgehead atoms. The summed E-state index contributed by atoms with van der Waals surface area (Å²) >= 11 is 0. The Balaban J connectivity index is 0.00000147. The van der Waals surface area contributed by atoms with Gasteiger partial charge in [-0.2, -0.15) is 0 Å². The van der Waals surface area contributed by atoms with Crippen LogP contribution in [0.1, 0.15) is 32.1 Å². The first-order chi connectivity index (χ1) is 9.08. The number of carbonyl (C=O) groups excluding carboxylic acids is 2. The summed E-state index contributed by atoms with van der Waals surface area (Å²) in [6, 6.07) is 0.175. The highest BCUT2D eigenvalue weighted by atomic mass is 35.5. The van der Waals surface area contributed by atoms with E-state index in [-0.39, 0.29) is 30.3 Å². The molecule has 20 heavy (non-hydrogen) atoms. The Morgan fingerprint density at radius 2 is 2.00 bits per heavy atom. The van der Waals surface area contributed by atoms with Gasteiger partial charge in [-0.3, -0.25) is 4.79 Å². The number of piperidine rings is 1. The Kier molecular flexibility index (Phi) is 4.44. The summed E-state index contributed by atoms with van der Waals surface area (Å²) in [7, 11) is 0. The number of nitrogens with zero attached hydrogens (tertiary/aromatic N) is 1. The molecule has 1 amide bonds. The first-order valence-corrected chi connectivity index (χ1v) is 6.98. The fraction of sp³-hybridized carbons (Fsp3) is 0.846. The number of ether oxygens (including phenoxy) is 2. The second-order valence-corrected chi connectivity index (χ2v) is 5.92. The molecule has 1 aliphatic carbocycles. The Hall–Kier alpha value is -1.01. The molecule has 0 radical (unpaired) electrons. The van der Waals surface area contributed by atoms with Gasteiger partial charge in [0.05, 0.1) is 0 Å². The van der Waals surface area contributed by atoms with Gasteiger partial charge in [-0.1, -0.05) is 0 Å². The van der Waals surface area contributed by atoms with Crippen molar-refractivity contribution in [1.29, 1.82) is 0 Å². The van der Waals surface area contributed by atoms with Crippen molar-refractivity contribution in [1.82, 2.24) is 4.90 Å². The van der Waals surface area contributed by atoms with Crippen LogP contribution in [0.4, 0.5) is 4.79 Å². The van der Waals surface area contributed by atoms with Crippen LogP contribution in [0.25, 0.3) is 0 Å². The lowest BCUT2D eigenvalue weighted by Crippen LogP contribution is -2.49. The van der Waals surface area contributed by atoms with Crippen LogP contribution in [-0.4, -0.2) is 48.3 Å². The Morgan fingerprint density at radius 1 is 1.30 bits per heavy atom. The zero-order valence-electron chi connectivity index (χ0n) is 11.4. The van der Waals surface area contributed by atoms with E-state index in [9.17, 15) is 9.59 Å². The van der Waals surface area contributed by atoms with Crippen LogP contribution in [-0.2, 0) is 14.3 Å². The smallest absolute Gasteiger partial charge is 0.430 e. The lowest BCUT2D eigenvalue weighted by atomic mass is 9.91. The topological polar surface area (TPSA) is 81.9 Å². The second-order valence-electron chi connectivity index (χ2n) is 5.92. The fourth-order valence-corrected chi connectivity index (χ4v) is 3.31. The van der Waals surface area contributed by atoms with Gasteiger partial charge in [0.1, 0.15) is 6.61 Å². The van der Waals surface area contributed by atoms with Crippen LogP contribution >= 0.6 is 12.4 Å². The van der Waals surface area contributed by atoms with Crippen molar-refractivity contribution in [2.45, 2.75) is 43.7 Å². The minimum atomic E-state index is -0.582. The van der Waals surface area contributed by atoms with Crippen molar-refractivity contribution in [2.24, 2.45) is 11.7 Å². The summed E-state index contributed by atoms with van der Waals surface area (Å²) in [4.78, 5) is 25.3.